The summed E-state index contributed by atoms with van der Waals surface area (Å²) in [5.74, 6) is -2.34. The fourth-order valence-electron chi connectivity index (χ4n) is 4.97. The molecule has 2 N–H and O–H groups in total. The van der Waals surface area contributed by atoms with E-state index in [2.05, 4.69) is 29.9 Å². The average Bonchev–Trinajstić information content (AvgIpc) is 3.00. The molecule has 0 saturated carbocycles. The second kappa shape index (κ2) is 13.1. The zero-order chi connectivity index (χ0) is 32.3. The predicted octanol–water partition coefficient (Wildman–Crippen LogP) is 4.23. The molecule has 0 aliphatic carbocycles. The fourth-order valence-corrected chi connectivity index (χ4v) is 6.08. The van der Waals surface area contributed by atoms with Crippen molar-refractivity contribution in [2.45, 2.75) is 11.8 Å². The monoisotopic (exact) mass is 641 g/mol. The lowest BCUT2D eigenvalue weighted by molar-refractivity contribution is -0.112. The van der Waals surface area contributed by atoms with Gasteiger partial charge in [0.15, 0.2) is 5.78 Å². The summed E-state index contributed by atoms with van der Waals surface area (Å²) in [5, 5.41) is 3.08. The van der Waals surface area contributed by atoms with Crippen LogP contribution in [0.4, 0.5) is 30.6 Å². The number of carbonyl (C=O) groups is 1. The van der Waals surface area contributed by atoms with Crippen molar-refractivity contribution < 1.29 is 31.1 Å². The molecule has 0 spiro atoms. The number of pyridine rings is 1. The van der Waals surface area contributed by atoms with Crippen LogP contribution >= 0.6 is 0 Å². The van der Waals surface area contributed by atoms with Crippen LogP contribution in [0.25, 0.3) is 22.0 Å². The number of nitrogens with one attached hydrogen (secondary N) is 2. The van der Waals surface area contributed by atoms with Gasteiger partial charge in [-0.2, -0.15) is 4.98 Å². The van der Waals surface area contributed by atoms with Crippen LogP contribution in [0.5, 0.6) is 5.88 Å². The van der Waals surface area contributed by atoms with E-state index < -0.39 is 32.4 Å². The number of nitrogens with zero attached hydrogens (tertiary/aromatic N) is 5. The Balaban J connectivity index is 1.51. The van der Waals surface area contributed by atoms with Crippen LogP contribution in [0.1, 0.15) is 6.92 Å². The SMILES string of the molecule is CNc1nc(N2CCN(C/C=C/C(C)=O)CC2)c2c(F)c(-c3cnc(OC)c(NS(=O)(=O)c4ccc(F)cc4F)c3)ccc2n1. The molecule has 11 nitrogen and oxygen atoms in total. The Morgan fingerprint density at radius 1 is 1.07 bits per heavy atom. The average molecular weight is 642 g/mol. The van der Waals surface area contributed by atoms with E-state index in [-0.39, 0.29) is 33.9 Å². The third-order valence-electron chi connectivity index (χ3n) is 7.18. The Kier molecular flexibility index (Phi) is 9.20. The zero-order valence-electron chi connectivity index (χ0n) is 24.6. The number of sulfonamides is 1. The van der Waals surface area contributed by atoms with Crippen molar-refractivity contribution in [3.63, 3.8) is 0 Å². The second-order valence-electron chi connectivity index (χ2n) is 10.2. The van der Waals surface area contributed by atoms with Gasteiger partial charge in [0.05, 0.1) is 18.0 Å². The third-order valence-corrected chi connectivity index (χ3v) is 8.58. The van der Waals surface area contributed by atoms with Crippen LogP contribution in [0.2, 0.25) is 0 Å². The molecular weight excluding hydrogens is 611 g/mol. The molecule has 1 aliphatic rings. The van der Waals surface area contributed by atoms with Gasteiger partial charge in [0.2, 0.25) is 11.8 Å². The molecule has 0 amide bonds. The molecule has 1 aliphatic heterocycles. The van der Waals surface area contributed by atoms with Gasteiger partial charge in [-0.15, -0.1) is 0 Å². The lowest BCUT2D eigenvalue weighted by atomic mass is 10.0. The number of ether oxygens (including phenoxy) is 1. The molecule has 4 aromatic rings. The summed E-state index contributed by atoms with van der Waals surface area (Å²) in [5.41, 5.74) is 0.445. The lowest BCUT2D eigenvalue weighted by Gasteiger charge is -2.35. The first-order valence-electron chi connectivity index (χ1n) is 13.9. The normalized spacial score (nSPS) is 14.2. The zero-order valence-corrected chi connectivity index (χ0v) is 25.5. The molecule has 15 heteroatoms. The van der Waals surface area contributed by atoms with Gasteiger partial charge in [-0.3, -0.25) is 14.4 Å². The molecule has 236 valence electrons. The van der Waals surface area contributed by atoms with Gasteiger partial charge in [0.25, 0.3) is 10.0 Å². The van der Waals surface area contributed by atoms with E-state index in [1.807, 2.05) is 11.0 Å². The number of halogens is 3. The largest absolute Gasteiger partial charge is 0.480 e. The van der Waals surface area contributed by atoms with Gasteiger partial charge in [0, 0.05) is 63.2 Å². The summed E-state index contributed by atoms with van der Waals surface area (Å²) in [6.45, 7) is 4.51. The molecule has 1 saturated heterocycles. The van der Waals surface area contributed by atoms with Gasteiger partial charge in [-0.1, -0.05) is 6.08 Å². The Hall–Kier alpha value is -4.76. The first-order valence-corrected chi connectivity index (χ1v) is 15.3. The molecule has 2 aromatic carbocycles. The van der Waals surface area contributed by atoms with Gasteiger partial charge in [-0.05, 0) is 43.3 Å². The summed E-state index contributed by atoms with van der Waals surface area (Å²) < 4.78 is 77.6. The summed E-state index contributed by atoms with van der Waals surface area (Å²) >= 11 is 0. The minimum atomic E-state index is -4.54. The number of benzene rings is 2. The van der Waals surface area contributed by atoms with Crippen LogP contribution in [0.15, 0.2) is 59.6 Å². The van der Waals surface area contributed by atoms with Crippen molar-refractivity contribution in [2.75, 3.05) is 61.8 Å². The number of carbonyl (C=O) groups excluding carboxylic acids is 1. The van der Waals surface area contributed by atoms with E-state index in [1.54, 1.807) is 13.1 Å². The highest BCUT2D eigenvalue weighted by molar-refractivity contribution is 7.92. The number of rotatable bonds is 10. The molecule has 2 aromatic heterocycles. The van der Waals surface area contributed by atoms with Crippen molar-refractivity contribution in [3.8, 4) is 17.0 Å². The van der Waals surface area contributed by atoms with Crippen molar-refractivity contribution in [1.82, 2.24) is 19.9 Å². The van der Waals surface area contributed by atoms with E-state index in [0.717, 1.165) is 12.1 Å². The second-order valence-corrected chi connectivity index (χ2v) is 11.9. The number of ketones is 1. The first-order chi connectivity index (χ1) is 21.5. The van der Waals surface area contributed by atoms with Gasteiger partial charge < -0.3 is 15.0 Å². The van der Waals surface area contributed by atoms with Gasteiger partial charge >= 0.3 is 0 Å². The van der Waals surface area contributed by atoms with Crippen molar-refractivity contribution >= 4 is 44.2 Å². The number of hydrogen-bond donors (Lipinski definition) is 2. The third kappa shape index (κ3) is 6.83. The van der Waals surface area contributed by atoms with Crippen LogP contribution in [0, 0.1) is 17.5 Å². The summed E-state index contributed by atoms with van der Waals surface area (Å²) in [6.07, 6.45) is 4.66. The van der Waals surface area contributed by atoms with E-state index >= 15 is 4.39 Å². The van der Waals surface area contributed by atoms with E-state index in [1.165, 1.54) is 38.4 Å². The molecule has 0 atom stereocenters. The minimum Gasteiger partial charge on any atom is -0.480 e. The quantitative estimate of drug-likeness (QED) is 0.243. The van der Waals surface area contributed by atoms with E-state index in [0.29, 0.717) is 56.1 Å². The number of piperazine rings is 1. The van der Waals surface area contributed by atoms with Crippen molar-refractivity contribution in [3.05, 3.63) is 72.2 Å². The number of anilines is 3. The highest BCUT2D eigenvalue weighted by Crippen LogP contribution is 2.37. The Labute approximate surface area is 257 Å². The summed E-state index contributed by atoms with van der Waals surface area (Å²) in [7, 11) is -1.62. The predicted molar refractivity (Wildman–Crippen MR) is 164 cm³/mol. The number of fused-ring (bicyclic) bond motifs is 1. The standard InChI is InChI=1S/C30H30F3N7O4S/c1-18(41)5-4-10-39-11-13-40(14-12-39)28-26-23(36-30(34-2)37-28)8-7-21(27(26)33)19-15-24(29(44-3)35-17-19)38-45(42,43)25-9-6-20(31)16-22(25)32/h4-9,15-17,38H,10-14H2,1-3H3,(H,34,36,37)/b5-4+. The molecule has 0 bridgehead atoms. The topological polar surface area (TPSA) is 130 Å². The number of methoxy groups -OCH3 is 1. The molecule has 5 rings (SSSR count). The summed E-state index contributed by atoms with van der Waals surface area (Å²) in [4.78, 5) is 27.7. The Morgan fingerprint density at radius 3 is 2.49 bits per heavy atom. The summed E-state index contributed by atoms with van der Waals surface area (Å²) in [6, 6.07) is 6.50. The first kappa shape index (κ1) is 31.7. The smallest absolute Gasteiger partial charge is 0.264 e. The van der Waals surface area contributed by atoms with Crippen LogP contribution in [-0.2, 0) is 14.8 Å². The van der Waals surface area contributed by atoms with Crippen LogP contribution in [-0.4, -0.2) is 80.9 Å². The molecule has 0 unspecified atom stereocenters. The van der Waals surface area contributed by atoms with Gasteiger partial charge in [0.1, 0.15) is 33.9 Å². The van der Waals surface area contributed by atoms with Crippen LogP contribution < -0.4 is 19.7 Å². The molecular formula is C30H30F3N7O4S. The maximum absolute atomic E-state index is 16.5. The highest BCUT2D eigenvalue weighted by Gasteiger charge is 2.26. The van der Waals surface area contributed by atoms with Crippen LogP contribution in [0.3, 0.4) is 0 Å². The fraction of sp³-hybridized carbons (Fsp3) is 0.267. The van der Waals surface area contributed by atoms with Crippen molar-refractivity contribution in [1.29, 1.82) is 0 Å². The van der Waals surface area contributed by atoms with E-state index in [9.17, 15) is 22.0 Å². The van der Waals surface area contributed by atoms with E-state index in [4.69, 9.17) is 4.74 Å². The number of hydrogen-bond acceptors (Lipinski definition) is 10. The molecule has 0 radical (unpaired) electrons. The lowest BCUT2D eigenvalue weighted by Crippen LogP contribution is -2.46. The maximum atomic E-state index is 16.5. The number of allylic oxidation sites excluding steroid dienone is 1. The van der Waals surface area contributed by atoms with Gasteiger partial charge in [-0.25, -0.2) is 31.6 Å². The molecule has 1 fully saturated rings. The number of aromatic nitrogens is 3. The highest BCUT2D eigenvalue weighted by atomic mass is 32.2. The van der Waals surface area contributed by atoms with Crippen molar-refractivity contribution in [2.24, 2.45) is 0 Å². The Bertz CT molecular complexity index is 1900. The molecule has 45 heavy (non-hydrogen) atoms. The minimum absolute atomic E-state index is 0.0228. The maximum Gasteiger partial charge on any atom is 0.264 e. The molecule has 3 heterocycles. The Morgan fingerprint density at radius 2 is 1.82 bits per heavy atom.